The zero-order valence-corrected chi connectivity index (χ0v) is 9.48. The molecule has 1 saturated heterocycles. The molecule has 16 heavy (non-hydrogen) atoms. The van der Waals surface area contributed by atoms with E-state index in [0.717, 1.165) is 19.5 Å². The van der Waals surface area contributed by atoms with Crippen molar-refractivity contribution in [2.24, 2.45) is 0 Å². The lowest BCUT2D eigenvalue weighted by atomic mass is 9.76. The number of carbonyl (C=O) groups excluding carboxylic acids is 1. The van der Waals surface area contributed by atoms with E-state index in [-0.39, 0.29) is 5.92 Å². The van der Waals surface area contributed by atoms with Crippen LogP contribution in [0.2, 0.25) is 0 Å². The summed E-state index contributed by atoms with van der Waals surface area (Å²) in [5, 5.41) is 0. The molecule has 0 saturated carbocycles. The first-order valence-corrected chi connectivity index (χ1v) is 6.23. The fourth-order valence-corrected chi connectivity index (χ4v) is 2.81. The van der Waals surface area contributed by atoms with Crippen LogP contribution in [0.5, 0.6) is 0 Å². The molecule has 1 aliphatic carbocycles. The summed E-state index contributed by atoms with van der Waals surface area (Å²) in [6.07, 6.45) is 4.59. The fraction of sp³-hybridized carbons (Fsp3) is 0.500. The molecule has 84 valence electrons. The van der Waals surface area contributed by atoms with E-state index in [1.807, 2.05) is 6.07 Å². The SMILES string of the molecule is O=C(C1Cc2ccccc21)N1CCCCC1. The van der Waals surface area contributed by atoms with Crippen molar-refractivity contribution in [2.45, 2.75) is 31.6 Å². The minimum Gasteiger partial charge on any atom is -0.342 e. The van der Waals surface area contributed by atoms with E-state index in [0.29, 0.717) is 5.91 Å². The second-order valence-corrected chi connectivity index (χ2v) is 4.84. The van der Waals surface area contributed by atoms with Gasteiger partial charge in [0.2, 0.25) is 5.91 Å². The summed E-state index contributed by atoms with van der Waals surface area (Å²) in [7, 11) is 0. The third-order valence-electron chi connectivity index (χ3n) is 3.82. The van der Waals surface area contributed by atoms with Gasteiger partial charge < -0.3 is 4.90 Å². The zero-order chi connectivity index (χ0) is 11.0. The number of nitrogens with zero attached hydrogens (tertiary/aromatic N) is 1. The number of hydrogen-bond acceptors (Lipinski definition) is 1. The summed E-state index contributed by atoms with van der Waals surface area (Å²) in [6.45, 7) is 1.94. The van der Waals surface area contributed by atoms with Crippen LogP contribution in [0.15, 0.2) is 24.3 Å². The van der Waals surface area contributed by atoms with Gasteiger partial charge in [-0.15, -0.1) is 0 Å². The summed E-state index contributed by atoms with van der Waals surface area (Å²) in [5.74, 6) is 0.521. The van der Waals surface area contributed by atoms with Crippen LogP contribution >= 0.6 is 0 Å². The number of hydrogen-bond donors (Lipinski definition) is 0. The van der Waals surface area contributed by atoms with Crippen molar-refractivity contribution in [3.05, 3.63) is 35.4 Å². The highest BCUT2D eigenvalue weighted by atomic mass is 16.2. The Balaban J connectivity index is 1.73. The minimum atomic E-state index is 0.161. The molecule has 2 heteroatoms. The van der Waals surface area contributed by atoms with Crippen molar-refractivity contribution < 1.29 is 4.79 Å². The Kier molecular flexibility index (Phi) is 2.43. The van der Waals surface area contributed by atoms with Crippen LogP contribution in [-0.2, 0) is 11.2 Å². The molecule has 0 aromatic heterocycles. The van der Waals surface area contributed by atoms with Gasteiger partial charge in [0.15, 0.2) is 0 Å². The summed E-state index contributed by atoms with van der Waals surface area (Å²) in [5.41, 5.74) is 2.62. The molecule has 1 atom stereocenters. The zero-order valence-electron chi connectivity index (χ0n) is 9.48. The quantitative estimate of drug-likeness (QED) is 0.704. The molecule has 1 aromatic carbocycles. The molecule has 2 nitrogen and oxygen atoms in total. The van der Waals surface area contributed by atoms with Crippen LogP contribution in [-0.4, -0.2) is 23.9 Å². The van der Waals surface area contributed by atoms with Gasteiger partial charge >= 0.3 is 0 Å². The molecule has 2 aliphatic rings. The average molecular weight is 215 g/mol. The van der Waals surface area contributed by atoms with Crippen LogP contribution in [0.1, 0.15) is 36.3 Å². The molecule has 0 N–H and O–H groups in total. The molecule has 1 fully saturated rings. The molecule has 1 amide bonds. The van der Waals surface area contributed by atoms with Gasteiger partial charge in [-0.1, -0.05) is 24.3 Å². The van der Waals surface area contributed by atoms with Gasteiger partial charge in [-0.3, -0.25) is 4.79 Å². The monoisotopic (exact) mass is 215 g/mol. The van der Waals surface area contributed by atoms with E-state index in [1.165, 1.54) is 30.4 Å². The van der Waals surface area contributed by atoms with Crippen LogP contribution in [0.25, 0.3) is 0 Å². The molecule has 1 aromatic rings. The first-order valence-electron chi connectivity index (χ1n) is 6.23. The van der Waals surface area contributed by atoms with Gasteiger partial charge in [0.25, 0.3) is 0 Å². The fourth-order valence-electron chi connectivity index (χ4n) is 2.81. The van der Waals surface area contributed by atoms with Gasteiger partial charge in [0.1, 0.15) is 0 Å². The molecular weight excluding hydrogens is 198 g/mol. The number of benzene rings is 1. The van der Waals surface area contributed by atoms with Gasteiger partial charge in [-0.2, -0.15) is 0 Å². The summed E-state index contributed by atoms with van der Waals surface area (Å²) >= 11 is 0. The largest absolute Gasteiger partial charge is 0.342 e. The average Bonchev–Trinajstić information content (AvgIpc) is 2.32. The van der Waals surface area contributed by atoms with Crippen LogP contribution in [0, 0.1) is 0 Å². The molecule has 1 unspecified atom stereocenters. The van der Waals surface area contributed by atoms with Crippen LogP contribution < -0.4 is 0 Å². The van der Waals surface area contributed by atoms with Crippen LogP contribution in [0.4, 0.5) is 0 Å². The number of likely N-dealkylation sites (tertiary alicyclic amines) is 1. The van der Waals surface area contributed by atoms with Gasteiger partial charge in [-0.05, 0) is 36.8 Å². The normalized spacial score (nSPS) is 23.5. The number of piperidine rings is 1. The van der Waals surface area contributed by atoms with E-state index in [4.69, 9.17) is 0 Å². The van der Waals surface area contributed by atoms with Crippen LogP contribution in [0.3, 0.4) is 0 Å². The Bertz CT molecular complexity index is 407. The highest BCUT2D eigenvalue weighted by Crippen LogP contribution is 2.36. The minimum absolute atomic E-state index is 0.161. The lowest BCUT2D eigenvalue weighted by Gasteiger charge is -2.35. The second kappa shape index (κ2) is 3.93. The predicted octanol–water partition coefficient (Wildman–Crippen LogP) is 2.34. The first-order chi connectivity index (χ1) is 7.86. The molecule has 1 aliphatic heterocycles. The van der Waals surface area contributed by atoms with E-state index in [1.54, 1.807) is 0 Å². The van der Waals surface area contributed by atoms with Crippen molar-refractivity contribution in [3.8, 4) is 0 Å². The van der Waals surface area contributed by atoms with Crippen molar-refractivity contribution in [1.82, 2.24) is 4.90 Å². The Hall–Kier alpha value is -1.31. The van der Waals surface area contributed by atoms with Gasteiger partial charge in [-0.25, -0.2) is 0 Å². The van der Waals surface area contributed by atoms with E-state index >= 15 is 0 Å². The number of fused-ring (bicyclic) bond motifs is 1. The maximum absolute atomic E-state index is 12.3. The Morgan fingerprint density at radius 2 is 1.88 bits per heavy atom. The van der Waals surface area contributed by atoms with Crippen molar-refractivity contribution >= 4 is 5.91 Å². The second-order valence-electron chi connectivity index (χ2n) is 4.84. The number of rotatable bonds is 1. The topological polar surface area (TPSA) is 20.3 Å². The maximum atomic E-state index is 12.3. The van der Waals surface area contributed by atoms with Crippen molar-refractivity contribution in [3.63, 3.8) is 0 Å². The third kappa shape index (κ3) is 1.53. The van der Waals surface area contributed by atoms with E-state index < -0.39 is 0 Å². The van der Waals surface area contributed by atoms with E-state index in [2.05, 4.69) is 23.1 Å². The lowest BCUT2D eigenvalue weighted by molar-refractivity contribution is -0.134. The standard InChI is InChI=1S/C14H17NO/c16-14(15-8-4-1-5-9-15)13-10-11-6-2-3-7-12(11)13/h2-3,6-7,13H,1,4-5,8-10H2. The Labute approximate surface area is 96.3 Å². The highest BCUT2D eigenvalue weighted by molar-refractivity contribution is 5.87. The summed E-state index contributed by atoms with van der Waals surface area (Å²) in [6, 6.07) is 8.33. The Morgan fingerprint density at radius 1 is 1.12 bits per heavy atom. The molecule has 1 heterocycles. The number of amides is 1. The van der Waals surface area contributed by atoms with Gasteiger partial charge in [0.05, 0.1) is 5.92 Å². The molecule has 0 radical (unpaired) electrons. The van der Waals surface area contributed by atoms with Crippen molar-refractivity contribution in [1.29, 1.82) is 0 Å². The number of carbonyl (C=O) groups is 1. The molecule has 0 bridgehead atoms. The van der Waals surface area contributed by atoms with Gasteiger partial charge in [0, 0.05) is 13.1 Å². The smallest absolute Gasteiger partial charge is 0.230 e. The first kappa shape index (κ1) is 9.88. The molecule has 0 spiro atoms. The van der Waals surface area contributed by atoms with Crippen molar-refractivity contribution in [2.75, 3.05) is 13.1 Å². The molecular formula is C14H17NO. The third-order valence-corrected chi connectivity index (χ3v) is 3.82. The summed E-state index contributed by atoms with van der Waals surface area (Å²) < 4.78 is 0. The highest BCUT2D eigenvalue weighted by Gasteiger charge is 2.34. The Morgan fingerprint density at radius 3 is 2.62 bits per heavy atom. The lowest BCUT2D eigenvalue weighted by Crippen LogP contribution is -2.42. The van der Waals surface area contributed by atoms with E-state index in [9.17, 15) is 4.79 Å². The molecule has 3 rings (SSSR count). The predicted molar refractivity (Wildman–Crippen MR) is 63.3 cm³/mol. The summed E-state index contributed by atoms with van der Waals surface area (Å²) in [4.78, 5) is 14.3. The maximum Gasteiger partial charge on any atom is 0.230 e.